The third-order valence-corrected chi connectivity index (χ3v) is 4.40. The van der Waals surface area contributed by atoms with Crippen LogP contribution in [0.2, 0.25) is 0 Å². The number of nitrogens with two attached hydrogens (primary N) is 1. The summed E-state index contributed by atoms with van der Waals surface area (Å²) in [5.74, 6) is -0.347. The third kappa shape index (κ3) is 5.01. The molecule has 2 aromatic rings. The Kier molecular flexibility index (Phi) is 5.63. The number of hydrogen-bond donors (Lipinski definition) is 2. The predicted octanol–water partition coefficient (Wildman–Crippen LogP) is 2.20. The standard InChI is InChI=1S/C19H23N3O3/c20-18-11-14(6-7-21-18)4-5-17-13-22(8-9-25-17)12-15-2-1-3-16(10-15)19(23)24/h1-3,6-7,10-11,17H,4-5,8-9,12-13H2,(H2,20,21)(H,23,24). The van der Waals surface area contributed by atoms with Gasteiger partial charge in [0.2, 0.25) is 0 Å². The van der Waals surface area contributed by atoms with Crippen molar-refractivity contribution in [3.05, 3.63) is 59.3 Å². The van der Waals surface area contributed by atoms with E-state index >= 15 is 0 Å². The third-order valence-electron chi connectivity index (χ3n) is 4.40. The van der Waals surface area contributed by atoms with Gasteiger partial charge < -0.3 is 15.6 Å². The molecule has 3 rings (SSSR count). The number of aromatic carboxylic acids is 1. The second-order valence-corrected chi connectivity index (χ2v) is 6.36. The van der Waals surface area contributed by atoms with E-state index in [1.54, 1.807) is 24.4 Å². The quantitative estimate of drug-likeness (QED) is 0.837. The number of carbonyl (C=O) groups is 1. The zero-order chi connectivity index (χ0) is 17.6. The largest absolute Gasteiger partial charge is 0.478 e. The Morgan fingerprint density at radius 2 is 2.20 bits per heavy atom. The maximum atomic E-state index is 11.1. The number of carboxylic acid groups (broad SMARTS) is 1. The van der Waals surface area contributed by atoms with Crippen molar-refractivity contribution in [3.63, 3.8) is 0 Å². The summed E-state index contributed by atoms with van der Waals surface area (Å²) in [5, 5.41) is 9.11. The molecule has 6 nitrogen and oxygen atoms in total. The SMILES string of the molecule is Nc1cc(CCC2CN(Cc3cccc(C(=O)O)c3)CCO2)ccn1. The van der Waals surface area contributed by atoms with Gasteiger partial charge in [-0.05, 0) is 48.2 Å². The minimum Gasteiger partial charge on any atom is -0.478 e. The zero-order valence-corrected chi connectivity index (χ0v) is 14.1. The van der Waals surface area contributed by atoms with Crippen molar-refractivity contribution in [1.29, 1.82) is 0 Å². The zero-order valence-electron chi connectivity index (χ0n) is 14.1. The molecule has 0 radical (unpaired) electrons. The van der Waals surface area contributed by atoms with Gasteiger partial charge >= 0.3 is 5.97 Å². The van der Waals surface area contributed by atoms with Crippen LogP contribution >= 0.6 is 0 Å². The molecule has 1 unspecified atom stereocenters. The van der Waals surface area contributed by atoms with Crippen molar-refractivity contribution in [2.24, 2.45) is 0 Å². The summed E-state index contributed by atoms with van der Waals surface area (Å²) in [6, 6.07) is 11.0. The van der Waals surface area contributed by atoms with E-state index in [9.17, 15) is 4.79 Å². The molecule has 1 atom stereocenters. The minimum absolute atomic E-state index is 0.172. The van der Waals surface area contributed by atoms with Gasteiger partial charge in [0, 0.05) is 25.8 Å². The van der Waals surface area contributed by atoms with E-state index in [1.165, 1.54) is 5.56 Å². The number of pyridine rings is 1. The van der Waals surface area contributed by atoms with Crippen LogP contribution in [0, 0.1) is 0 Å². The number of aromatic nitrogens is 1. The van der Waals surface area contributed by atoms with E-state index in [0.717, 1.165) is 38.0 Å². The number of anilines is 1. The van der Waals surface area contributed by atoms with Gasteiger partial charge in [-0.1, -0.05) is 12.1 Å². The Labute approximate surface area is 147 Å². The van der Waals surface area contributed by atoms with E-state index in [2.05, 4.69) is 9.88 Å². The van der Waals surface area contributed by atoms with E-state index in [4.69, 9.17) is 15.6 Å². The fourth-order valence-electron chi connectivity index (χ4n) is 3.14. The Balaban J connectivity index is 1.54. The highest BCUT2D eigenvalue weighted by atomic mass is 16.5. The average Bonchev–Trinajstić information content (AvgIpc) is 2.61. The van der Waals surface area contributed by atoms with Gasteiger partial charge in [0.25, 0.3) is 0 Å². The number of carboxylic acids is 1. The number of aryl methyl sites for hydroxylation is 1. The monoisotopic (exact) mass is 341 g/mol. The highest BCUT2D eigenvalue weighted by Crippen LogP contribution is 2.16. The summed E-state index contributed by atoms with van der Waals surface area (Å²) in [6.07, 6.45) is 3.73. The molecular weight excluding hydrogens is 318 g/mol. The Bertz CT molecular complexity index is 735. The first-order valence-corrected chi connectivity index (χ1v) is 8.47. The van der Waals surface area contributed by atoms with Gasteiger partial charge in [0.1, 0.15) is 5.82 Å². The molecule has 3 N–H and O–H groups in total. The van der Waals surface area contributed by atoms with Crippen LogP contribution in [0.3, 0.4) is 0 Å². The summed E-state index contributed by atoms with van der Waals surface area (Å²) in [5.41, 5.74) is 8.23. The molecular formula is C19H23N3O3. The van der Waals surface area contributed by atoms with Crippen LogP contribution in [0.4, 0.5) is 5.82 Å². The summed E-state index contributed by atoms with van der Waals surface area (Å²) in [7, 11) is 0. The number of morpholine rings is 1. The molecule has 1 aromatic heterocycles. The lowest BCUT2D eigenvalue weighted by molar-refractivity contribution is -0.0345. The molecule has 1 aliphatic rings. The van der Waals surface area contributed by atoms with Gasteiger partial charge in [0.05, 0.1) is 18.3 Å². The van der Waals surface area contributed by atoms with E-state index in [-0.39, 0.29) is 6.10 Å². The van der Waals surface area contributed by atoms with Crippen molar-refractivity contribution in [2.75, 3.05) is 25.4 Å². The predicted molar refractivity (Wildman–Crippen MR) is 95.4 cm³/mol. The molecule has 1 fully saturated rings. The van der Waals surface area contributed by atoms with Crippen molar-refractivity contribution in [2.45, 2.75) is 25.5 Å². The van der Waals surface area contributed by atoms with Crippen LogP contribution in [0.5, 0.6) is 0 Å². The fourth-order valence-corrected chi connectivity index (χ4v) is 3.14. The van der Waals surface area contributed by atoms with E-state index in [0.29, 0.717) is 18.0 Å². The summed E-state index contributed by atoms with van der Waals surface area (Å²) in [4.78, 5) is 17.4. The molecule has 6 heteroatoms. The average molecular weight is 341 g/mol. The summed E-state index contributed by atoms with van der Waals surface area (Å²) < 4.78 is 5.88. The second-order valence-electron chi connectivity index (χ2n) is 6.36. The fraction of sp³-hybridized carbons (Fsp3) is 0.368. The molecule has 25 heavy (non-hydrogen) atoms. The lowest BCUT2D eigenvalue weighted by Gasteiger charge is -2.33. The maximum Gasteiger partial charge on any atom is 0.335 e. The lowest BCUT2D eigenvalue weighted by atomic mass is 10.1. The van der Waals surface area contributed by atoms with Crippen LogP contribution in [-0.2, 0) is 17.7 Å². The first kappa shape index (κ1) is 17.4. The van der Waals surface area contributed by atoms with Crippen LogP contribution < -0.4 is 5.73 Å². The van der Waals surface area contributed by atoms with E-state index in [1.807, 2.05) is 18.2 Å². The highest BCUT2D eigenvalue weighted by molar-refractivity contribution is 5.87. The van der Waals surface area contributed by atoms with Crippen molar-refractivity contribution >= 4 is 11.8 Å². The number of nitrogen functional groups attached to an aromatic ring is 1. The van der Waals surface area contributed by atoms with Crippen molar-refractivity contribution in [1.82, 2.24) is 9.88 Å². The molecule has 0 spiro atoms. The maximum absolute atomic E-state index is 11.1. The summed E-state index contributed by atoms with van der Waals surface area (Å²) >= 11 is 0. The minimum atomic E-state index is -0.890. The molecule has 1 aromatic carbocycles. The van der Waals surface area contributed by atoms with Crippen LogP contribution in [-0.4, -0.2) is 46.8 Å². The molecule has 0 saturated carbocycles. The number of rotatable bonds is 6. The van der Waals surface area contributed by atoms with Gasteiger partial charge in [-0.2, -0.15) is 0 Å². The Morgan fingerprint density at radius 1 is 1.32 bits per heavy atom. The molecule has 2 heterocycles. The van der Waals surface area contributed by atoms with Gasteiger partial charge in [-0.25, -0.2) is 9.78 Å². The van der Waals surface area contributed by atoms with Gasteiger partial charge in [0.15, 0.2) is 0 Å². The van der Waals surface area contributed by atoms with E-state index < -0.39 is 5.97 Å². The molecule has 0 aliphatic carbocycles. The Morgan fingerprint density at radius 3 is 3.00 bits per heavy atom. The van der Waals surface area contributed by atoms with Crippen LogP contribution in [0.25, 0.3) is 0 Å². The number of hydrogen-bond acceptors (Lipinski definition) is 5. The summed E-state index contributed by atoms with van der Waals surface area (Å²) in [6.45, 7) is 3.14. The normalized spacial score (nSPS) is 18.2. The van der Waals surface area contributed by atoms with Crippen LogP contribution in [0.15, 0.2) is 42.6 Å². The lowest BCUT2D eigenvalue weighted by Crippen LogP contribution is -2.42. The highest BCUT2D eigenvalue weighted by Gasteiger charge is 2.20. The Hall–Kier alpha value is -2.44. The topological polar surface area (TPSA) is 88.7 Å². The number of nitrogens with zero attached hydrogens (tertiary/aromatic N) is 2. The first-order chi connectivity index (χ1) is 12.1. The first-order valence-electron chi connectivity index (χ1n) is 8.47. The van der Waals surface area contributed by atoms with Crippen molar-refractivity contribution in [3.8, 4) is 0 Å². The van der Waals surface area contributed by atoms with Crippen molar-refractivity contribution < 1.29 is 14.6 Å². The molecule has 132 valence electrons. The molecule has 1 aliphatic heterocycles. The second kappa shape index (κ2) is 8.09. The number of benzene rings is 1. The molecule has 0 bridgehead atoms. The molecule has 1 saturated heterocycles. The molecule has 0 amide bonds. The smallest absolute Gasteiger partial charge is 0.335 e. The van der Waals surface area contributed by atoms with Gasteiger partial charge in [-0.15, -0.1) is 0 Å². The van der Waals surface area contributed by atoms with Crippen LogP contribution in [0.1, 0.15) is 27.9 Å². The number of ether oxygens (including phenoxy) is 1. The van der Waals surface area contributed by atoms with Gasteiger partial charge in [-0.3, -0.25) is 4.90 Å².